The molecule has 0 saturated carbocycles. The van der Waals surface area contributed by atoms with Crippen LogP contribution in [0, 0.1) is 6.92 Å². The zero-order valence-corrected chi connectivity index (χ0v) is 14.2. The number of methoxy groups -OCH3 is 1. The Morgan fingerprint density at radius 3 is 2.43 bits per heavy atom. The summed E-state index contributed by atoms with van der Waals surface area (Å²) in [6, 6.07) is 13.5. The molecule has 0 unspecified atom stereocenters. The van der Waals surface area contributed by atoms with Crippen LogP contribution in [0.15, 0.2) is 42.5 Å². The van der Waals surface area contributed by atoms with E-state index in [0.29, 0.717) is 26.4 Å². The van der Waals surface area contributed by atoms with E-state index in [1.807, 2.05) is 49.4 Å². The minimum absolute atomic E-state index is 0.553. The highest BCUT2D eigenvalue weighted by Crippen LogP contribution is 2.21. The van der Waals surface area contributed by atoms with E-state index in [0.717, 1.165) is 27.8 Å². The molecule has 5 heteroatoms. The number of halogens is 1. The maximum Gasteiger partial charge on any atom is 0.122 e. The first-order valence-corrected chi connectivity index (χ1v) is 7.91. The summed E-state index contributed by atoms with van der Waals surface area (Å²) in [6.45, 7) is 4.41. The number of rotatable bonds is 9. The Bertz CT molecular complexity index is 602. The lowest BCUT2D eigenvalue weighted by atomic mass is 10.2. The Hall–Kier alpha value is -1.91. The minimum atomic E-state index is 0.553. The smallest absolute Gasteiger partial charge is 0.122 e. The summed E-state index contributed by atoms with van der Waals surface area (Å²) < 4.78 is 16.2. The van der Waals surface area contributed by atoms with Crippen LogP contribution in [0.2, 0.25) is 5.02 Å². The van der Waals surface area contributed by atoms with Gasteiger partial charge in [0.2, 0.25) is 0 Å². The van der Waals surface area contributed by atoms with E-state index >= 15 is 0 Å². The van der Waals surface area contributed by atoms with Gasteiger partial charge in [0.25, 0.3) is 0 Å². The predicted octanol–water partition coefficient (Wildman–Crippen LogP) is 4.16. The number of ether oxygens (including phenoxy) is 3. The van der Waals surface area contributed by atoms with Crippen LogP contribution in [-0.2, 0) is 4.74 Å². The summed E-state index contributed by atoms with van der Waals surface area (Å²) in [5.41, 5.74) is 2.07. The number of benzene rings is 2. The molecule has 0 aromatic heterocycles. The van der Waals surface area contributed by atoms with Gasteiger partial charge in [0.1, 0.15) is 24.7 Å². The highest BCUT2D eigenvalue weighted by molar-refractivity contribution is 6.30. The molecule has 4 nitrogen and oxygen atoms in total. The lowest BCUT2D eigenvalue weighted by Gasteiger charge is -2.11. The molecule has 0 saturated heterocycles. The molecule has 0 aliphatic heterocycles. The fourth-order valence-electron chi connectivity index (χ4n) is 2.04. The summed E-state index contributed by atoms with van der Waals surface area (Å²) in [7, 11) is 1.66. The molecule has 0 fully saturated rings. The van der Waals surface area contributed by atoms with Gasteiger partial charge in [0, 0.05) is 24.4 Å². The van der Waals surface area contributed by atoms with Gasteiger partial charge in [0.05, 0.1) is 6.61 Å². The van der Waals surface area contributed by atoms with Gasteiger partial charge in [-0.15, -0.1) is 0 Å². The largest absolute Gasteiger partial charge is 0.491 e. The standard InChI is InChI=1S/C18H22ClNO3/c1-14-13-15(19)3-8-18(14)23-10-9-20-16-4-6-17(7-5-16)22-12-11-21-2/h3-8,13,20H,9-12H2,1-2H3. The predicted molar refractivity (Wildman–Crippen MR) is 94.0 cm³/mol. The quantitative estimate of drug-likeness (QED) is 0.698. The minimum Gasteiger partial charge on any atom is -0.491 e. The normalized spacial score (nSPS) is 10.4. The molecular formula is C18H22ClNO3. The lowest BCUT2D eigenvalue weighted by molar-refractivity contribution is 0.146. The third kappa shape index (κ3) is 6.00. The van der Waals surface area contributed by atoms with Gasteiger partial charge in [-0.3, -0.25) is 0 Å². The number of aryl methyl sites for hydroxylation is 1. The van der Waals surface area contributed by atoms with Crippen molar-refractivity contribution in [3.63, 3.8) is 0 Å². The molecule has 2 aromatic carbocycles. The van der Waals surface area contributed by atoms with Crippen LogP contribution in [0.1, 0.15) is 5.56 Å². The van der Waals surface area contributed by atoms with E-state index in [9.17, 15) is 0 Å². The van der Waals surface area contributed by atoms with E-state index in [1.54, 1.807) is 7.11 Å². The third-order valence-electron chi connectivity index (χ3n) is 3.24. The van der Waals surface area contributed by atoms with Gasteiger partial charge in [-0.25, -0.2) is 0 Å². The molecule has 0 amide bonds. The van der Waals surface area contributed by atoms with Crippen molar-refractivity contribution in [1.29, 1.82) is 0 Å². The monoisotopic (exact) mass is 335 g/mol. The van der Waals surface area contributed by atoms with Gasteiger partial charge < -0.3 is 19.5 Å². The van der Waals surface area contributed by atoms with Gasteiger partial charge in [-0.2, -0.15) is 0 Å². The fourth-order valence-corrected chi connectivity index (χ4v) is 2.27. The first kappa shape index (κ1) is 17.4. The summed E-state index contributed by atoms with van der Waals surface area (Å²) in [5.74, 6) is 1.69. The van der Waals surface area contributed by atoms with Crippen molar-refractivity contribution in [2.75, 3.05) is 38.8 Å². The Morgan fingerprint density at radius 1 is 0.957 bits per heavy atom. The van der Waals surface area contributed by atoms with E-state index in [-0.39, 0.29) is 0 Å². The lowest BCUT2D eigenvalue weighted by Crippen LogP contribution is -2.12. The van der Waals surface area contributed by atoms with Crippen molar-refractivity contribution in [2.24, 2.45) is 0 Å². The van der Waals surface area contributed by atoms with E-state index < -0.39 is 0 Å². The van der Waals surface area contributed by atoms with Crippen LogP contribution >= 0.6 is 11.6 Å². The highest BCUT2D eigenvalue weighted by Gasteiger charge is 2.00. The van der Waals surface area contributed by atoms with Crippen LogP contribution in [0.4, 0.5) is 5.69 Å². The molecule has 2 rings (SSSR count). The van der Waals surface area contributed by atoms with Crippen LogP contribution in [0.25, 0.3) is 0 Å². The molecule has 0 aliphatic rings. The summed E-state index contributed by atoms with van der Waals surface area (Å²) in [5, 5.41) is 4.03. The molecule has 0 atom stereocenters. The SMILES string of the molecule is COCCOc1ccc(NCCOc2ccc(Cl)cc2C)cc1. The van der Waals surface area contributed by atoms with Crippen LogP contribution < -0.4 is 14.8 Å². The van der Waals surface area contributed by atoms with E-state index in [2.05, 4.69) is 5.32 Å². The second-order valence-corrected chi connectivity index (χ2v) is 5.49. The maximum absolute atomic E-state index is 5.93. The fraction of sp³-hybridized carbons (Fsp3) is 0.333. The van der Waals surface area contributed by atoms with Gasteiger partial charge in [0.15, 0.2) is 0 Å². The molecule has 23 heavy (non-hydrogen) atoms. The Morgan fingerprint density at radius 2 is 1.74 bits per heavy atom. The Balaban J connectivity index is 1.71. The Labute approximate surface area is 142 Å². The van der Waals surface area contributed by atoms with Gasteiger partial charge >= 0.3 is 0 Å². The summed E-state index contributed by atoms with van der Waals surface area (Å²) >= 11 is 5.93. The Kier molecular flexibility index (Phi) is 7.04. The molecule has 0 aliphatic carbocycles. The number of anilines is 1. The number of hydrogen-bond acceptors (Lipinski definition) is 4. The van der Waals surface area contributed by atoms with E-state index in [1.165, 1.54) is 0 Å². The van der Waals surface area contributed by atoms with Crippen LogP contribution in [0.5, 0.6) is 11.5 Å². The topological polar surface area (TPSA) is 39.7 Å². The van der Waals surface area contributed by atoms with Crippen molar-refractivity contribution in [3.8, 4) is 11.5 Å². The van der Waals surface area contributed by atoms with Crippen LogP contribution in [-0.4, -0.2) is 33.5 Å². The van der Waals surface area contributed by atoms with Crippen molar-refractivity contribution in [2.45, 2.75) is 6.92 Å². The molecule has 124 valence electrons. The second kappa shape index (κ2) is 9.28. The zero-order valence-electron chi connectivity index (χ0n) is 13.5. The van der Waals surface area contributed by atoms with Crippen molar-refractivity contribution >= 4 is 17.3 Å². The van der Waals surface area contributed by atoms with Crippen molar-refractivity contribution < 1.29 is 14.2 Å². The molecule has 0 bridgehead atoms. The van der Waals surface area contributed by atoms with Crippen molar-refractivity contribution in [3.05, 3.63) is 53.1 Å². The number of hydrogen-bond donors (Lipinski definition) is 1. The average Bonchev–Trinajstić information content (AvgIpc) is 2.55. The highest BCUT2D eigenvalue weighted by atomic mass is 35.5. The average molecular weight is 336 g/mol. The van der Waals surface area contributed by atoms with E-state index in [4.69, 9.17) is 25.8 Å². The molecular weight excluding hydrogens is 314 g/mol. The first-order chi connectivity index (χ1) is 11.2. The molecule has 2 aromatic rings. The maximum atomic E-state index is 5.93. The first-order valence-electron chi connectivity index (χ1n) is 7.53. The zero-order chi connectivity index (χ0) is 16.5. The summed E-state index contributed by atoms with van der Waals surface area (Å²) in [4.78, 5) is 0. The van der Waals surface area contributed by atoms with Crippen molar-refractivity contribution in [1.82, 2.24) is 0 Å². The molecule has 1 N–H and O–H groups in total. The summed E-state index contributed by atoms with van der Waals surface area (Å²) in [6.07, 6.45) is 0. The molecule has 0 spiro atoms. The molecule has 0 heterocycles. The van der Waals surface area contributed by atoms with Crippen LogP contribution in [0.3, 0.4) is 0 Å². The molecule has 0 radical (unpaired) electrons. The van der Waals surface area contributed by atoms with Gasteiger partial charge in [-0.05, 0) is 55.0 Å². The third-order valence-corrected chi connectivity index (χ3v) is 3.47. The van der Waals surface area contributed by atoms with Gasteiger partial charge in [-0.1, -0.05) is 11.6 Å². The second-order valence-electron chi connectivity index (χ2n) is 5.05. The number of nitrogens with one attached hydrogen (secondary N) is 1.